The molecular formula is C24H38N4O5. The highest BCUT2D eigenvalue weighted by atomic mass is 16.5. The first-order valence-corrected chi connectivity index (χ1v) is 12.0. The quantitative estimate of drug-likeness (QED) is 0.406. The monoisotopic (exact) mass is 462 g/mol. The number of aliphatic hydroxyl groups excluding tert-OH is 2. The molecule has 1 aliphatic rings. The molecule has 3 unspecified atom stereocenters. The second-order valence-corrected chi connectivity index (χ2v) is 8.61. The van der Waals surface area contributed by atoms with Crippen molar-refractivity contribution >= 4 is 10.9 Å². The Labute approximate surface area is 195 Å². The van der Waals surface area contributed by atoms with E-state index in [4.69, 9.17) is 9.47 Å². The van der Waals surface area contributed by atoms with E-state index in [-0.39, 0.29) is 18.1 Å². The van der Waals surface area contributed by atoms with E-state index in [1.54, 1.807) is 19.2 Å². The maximum atomic E-state index is 13.0. The van der Waals surface area contributed by atoms with Gasteiger partial charge in [0, 0.05) is 18.7 Å². The summed E-state index contributed by atoms with van der Waals surface area (Å²) < 4.78 is 12.8. The predicted molar refractivity (Wildman–Crippen MR) is 128 cm³/mol. The zero-order valence-corrected chi connectivity index (χ0v) is 20.0. The van der Waals surface area contributed by atoms with Crippen LogP contribution in [-0.2, 0) is 6.54 Å². The van der Waals surface area contributed by atoms with Crippen LogP contribution in [0.15, 0.2) is 23.3 Å². The largest absolute Gasteiger partial charge is 0.493 e. The molecule has 3 rings (SSSR count). The van der Waals surface area contributed by atoms with Gasteiger partial charge in [-0.3, -0.25) is 9.36 Å². The van der Waals surface area contributed by atoms with Crippen LogP contribution in [0.5, 0.6) is 11.5 Å². The number of fused-ring (bicyclic) bond motifs is 1. The molecule has 0 aliphatic carbocycles. The van der Waals surface area contributed by atoms with Gasteiger partial charge in [0.05, 0.1) is 49.7 Å². The van der Waals surface area contributed by atoms with Crippen molar-refractivity contribution in [3.8, 4) is 11.5 Å². The van der Waals surface area contributed by atoms with Gasteiger partial charge in [-0.2, -0.15) is 0 Å². The van der Waals surface area contributed by atoms with Gasteiger partial charge in [-0.05, 0) is 51.4 Å². The van der Waals surface area contributed by atoms with E-state index in [9.17, 15) is 15.0 Å². The van der Waals surface area contributed by atoms with Gasteiger partial charge in [0.2, 0.25) is 0 Å². The molecule has 0 saturated carbocycles. The highest BCUT2D eigenvalue weighted by molar-refractivity contribution is 5.81. The second-order valence-electron chi connectivity index (χ2n) is 8.61. The van der Waals surface area contributed by atoms with Crippen LogP contribution in [0, 0.1) is 0 Å². The van der Waals surface area contributed by atoms with Crippen molar-refractivity contribution in [3.05, 3.63) is 28.8 Å². The van der Waals surface area contributed by atoms with Crippen molar-refractivity contribution in [2.24, 2.45) is 0 Å². The number of benzene rings is 1. The molecule has 1 aromatic heterocycles. The number of piperidine rings is 1. The minimum absolute atomic E-state index is 0.110. The lowest BCUT2D eigenvalue weighted by atomic mass is 9.96. The zero-order valence-electron chi connectivity index (χ0n) is 20.0. The number of hydrogen-bond donors (Lipinski definition) is 3. The summed E-state index contributed by atoms with van der Waals surface area (Å²) in [6.07, 6.45) is 3.11. The molecule has 1 aromatic carbocycles. The minimum atomic E-state index is -0.775. The van der Waals surface area contributed by atoms with Gasteiger partial charge >= 0.3 is 0 Å². The summed E-state index contributed by atoms with van der Waals surface area (Å²) in [5, 5.41) is 24.3. The fraction of sp³-hybridized carbons (Fsp3) is 0.667. The Hall–Kier alpha value is -2.20. The van der Waals surface area contributed by atoms with Crippen LogP contribution in [0.2, 0.25) is 0 Å². The lowest BCUT2D eigenvalue weighted by molar-refractivity contribution is 0.0539. The van der Waals surface area contributed by atoms with E-state index in [0.717, 1.165) is 45.4 Å². The van der Waals surface area contributed by atoms with Crippen molar-refractivity contribution in [2.45, 2.75) is 64.3 Å². The van der Waals surface area contributed by atoms with E-state index in [1.807, 2.05) is 0 Å². The molecule has 9 nitrogen and oxygen atoms in total. The standard InChI is InChI=1S/C24H38N4O5/c1-4-27(5-2)10-7-11-33-23-14-19-18(13-22(23)32-3)24(31)28(16-26-19)15-17(29)12-20-21(30)8-6-9-25-20/h13-14,16-17,20-21,25,29-30H,4-12,15H2,1-3H3. The molecule has 1 fully saturated rings. The molecule has 0 spiro atoms. The molecular weight excluding hydrogens is 424 g/mol. The van der Waals surface area contributed by atoms with E-state index in [1.165, 1.54) is 10.9 Å². The van der Waals surface area contributed by atoms with Crippen LogP contribution in [-0.4, -0.2) is 82.8 Å². The van der Waals surface area contributed by atoms with Crippen molar-refractivity contribution in [2.75, 3.05) is 39.9 Å². The molecule has 184 valence electrons. The van der Waals surface area contributed by atoms with Gasteiger partial charge in [0.25, 0.3) is 5.56 Å². The van der Waals surface area contributed by atoms with Gasteiger partial charge < -0.3 is 29.9 Å². The summed E-state index contributed by atoms with van der Waals surface area (Å²) in [7, 11) is 1.55. The summed E-state index contributed by atoms with van der Waals surface area (Å²) >= 11 is 0. The maximum Gasteiger partial charge on any atom is 0.261 e. The summed E-state index contributed by atoms with van der Waals surface area (Å²) in [5.41, 5.74) is 0.275. The van der Waals surface area contributed by atoms with Crippen LogP contribution in [0.25, 0.3) is 10.9 Å². The van der Waals surface area contributed by atoms with Crippen LogP contribution < -0.4 is 20.3 Å². The predicted octanol–water partition coefficient (Wildman–Crippen LogP) is 1.38. The maximum absolute atomic E-state index is 13.0. The van der Waals surface area contributed by atoms with Crippen LogP contribution >= 0.6 is 0 Å². The molecule has 3 N–H and O–H groups in total. The highest BCUT2D eigenvalue weighted by Crippen LogP contribution is 2.30. The Morgan fingerprint density at radius 3 is 2.79 bits per heavy atom. The van der Waals surface area contributed by atoms with Gasteiger partial charge in [-0.15, -0.1) is 0 Å². The molecule has 2 heterocycles. The van der Waals surface area contributed by atoms with Gasteiger partial charge in [-0.25, -0.2) is 4.98 Å². The molecule has 3 atom stereocenters. The third-order valence-corrected chi connectivity index (χ3v) is 6.36. The smallest absolute Gasteiger partial charge is 0.261 e. The molecule has 0 bridgehead atoms. The van der Waals surface area contributed by atoms with Gasteiger partial charge in [0.15, 0.2) is 11.5 Å². The van der Waals surface area contributed by atoms with Crippen LogP contribution in [0.3, 0.4) is 0 Å². The number of rotatable bonds is 12. The molecule has 33 heavy (non-hydrogen) atoms. The molecule has 1 saturated heterocycles. The number of aliphatic hydroxyl groups is 2. The van der Waals surface area contributed by atoms with E-state index >= 15 is 0 Å². The first-order valence-electron chi connectivity index (χ1n) is 12.0. The summed E-state index contributed by atoms with van der Waals surface area (Å²) in [6, 6.07) is 3.22. The fourth-order valence-corrected chi connectivity index (χ4v) is 4.35. The molecule has 9 heteroatoms. The number of nitrogens with zero attached hydrogens (tertiary/aromatic N) is 3. The third-order valence-electron chi connectivity index (χ3n) is 6.36. The topological polar surface area (TPSA) is 109 Å². The Bertz CT molecular complexity index is 946. The molecule has 0 radical (unpaired) electrons. The molecule has 0 amide bonds. The van der Waals surface area contributed by atoms with Crippen molar-refractivity contribution in [3.63, 3.8) is 0 Å². The number of aromatic nitrogens is 2. The van der Waals surface area contributed by atoms with E-state index in [0.29, 0.717) is 35.4 Å². The Morgan fingerprint density at radius 1 is 1.30 bits per heavy atom. The average molecular weight is 463 g/mol. The first kappa shape index (κ1) is 25.4. The average Bonchev–Trinajstić information content (AvgIpc) is 2.82. The first-order chi connectivity index (χ1) is 16.0. The van der Waals surface area contributed by atoms with Gasteiger partial charge in [0.1, 0.15) is 0 Å². The Balaban J connectivity index is 1.69. The van der Waals surface area contributed by atoms with Gasteiger partial charge in [-0.1, -0.05) is 13.8 Å². The van der Waals surface area contributed by atoms with Crippen LogP contribution in [0.1, 0.15) is 39.5 Å². The molecule has 1 aliphatic heterocycles. The lowest BCUT2D eigenvalue weighted by Gasteiger charge is -2.30. The normalized spacial score (nSPS) is 19.7. The summed E-state index contributed by atoms with van der Waals surface area (Å²) in [5.74, 6) is 1.05. The van der Waals surface area contributed by atoms with E-state index < -0.39 is 12.2 Å². The highest BCUT2D eigenvalue weighted by Gasteiger charge is 2.25. The van der Waals surface area contributed by atoms with E-state index in [2.05, 4.69) is 29.0 Å². The van der Waals surface area contributed by atoms with Crippen molar-refractivity contribution in [1.82, 2.24) is 19.8 Å². The zero-order chi connectivity index (χ0) is 23.8. The summed E-state index contributed by atoms with van der Waals surface area (Å²) in [4.78, 5) is 19.8. The summed E-state index contributed by atoms with van der Waals surface area (Å²) in [6.45, 7) is 8.75. The Kier molecular flexibility index (Phi) is 9.49. The third kappa shape index (κ3) is 6.66. The number of ether oxygens (including phenoxy) is 2. The lowest BCUT2D eigenvalue weighted by Crippen LogP contribution is -2.47. The second kappa shape index (κ2) is 12.3. The number of methoxy groups -OCH3 is 1. The fourth-order valence-electron chi connectivity index (χ4n) is 4.35. The van der Waals surface area contributed by atoms with Crippen LogP contribution in [0.4, 0.5) is 0 Å². The Morgan fingerprint density at radius 2 is 2.09 bits per heavy atom. The minimum Gasteiger partial charge on any atom is -0.493 e. The number of hydrogen-bond acceptors (Lipinski definition) is 8. The number of nitrogens with one attached hydrogen (secondary N) is 1. The SMILES string of the molecule is CCN(CC)CCCOc1cc2ncn(CC(O)CC3NCCCC3O)c(=O)c2cc1OC. The van der Waals surface area contributed by atoms with Crippen molar-refractivity contribution < 1.29 is 19.7 Å². The molecule has 2 aromatic rings. The van der Waals surface area contributed by atoms with Crippen molar-refractivity contribution in [1.29, 1.82) is 0 Å².